The highest BCUT2D eigenvalue weighted by Crippen LogP contribution is 2.23. The monoisotopic (exact) mass is 226 g/mol. The van der Waals surface area contributed by atoms with Crippen LogP contribution in [0, 0.1) is 0 Å². The van der Waals surface area contributed by atoms with E-state index in [2.05, 4.69) is 0 Å². The Morgan fingerprint density at radius 1 is 1.21 bits per heavy atom. The van der Waals surface area contributed by atoms with Crippen LogP contribution in [0.25, 0.3) is 0 Å². The van der Waals surface area contributed by atoms with Crippen molar-refractivity contribution in [2.24, 2.45) is 0 Å². The Bertz CT molecular complexity index is 281. The molecule has 1 aromatic carbocycles. The van der Waals surface area contributed by atoms with Crippen molar-refractivity contribution >= 4 is 29.3 Å². The van der Waals surface area contributed by atoms with Gasteiger partial charge in [-0.1, -0.05) is 30.3 Å². The van der Waals surface area contributed by atoms with Gasteiger partial charge in [-0.15, -0.1) is 0 Å². The van der Waals surface area contributed by atoms with Gasteiger partial charge in [-0.2, -0.15) is 23.5 Å². The Labute approximate surface area is 93.7 Å². The van der Waals surface area contributed by atoms with Gasteiger partial charge in [0.05, 0.1) is 4.58 Å². The van der Waals surface area contributed by atoms with Crippen LogP contribution in [0.1, 0.15) is 16.8 Å². The molecule has 0 N–H and O–H groups in total. The predicted molar refractivity (Wildman–Crippen MR) is 66.2 cm³/mol. The molecule has 1 aromatic rings. The van der Waals surface area contributed by atoms with Gasteiger partial charge in [0, 0.05) is 12.0 Å². The summed E-state index contributed by atoms with van der Waals surface area (Å²) in [4.78, 5) is 11.7. The SMILES string of the molecule is CSC(CC(=O)c1ccccc1)SC. The van der Waals surface area contributed by atoms with Crippen LogP contribution in [0.15, 0.2) is 30.3 Å². The van der Waals surface area contributed by atoms with E-state index < -0.39 is 0 Å². The van der Waals surface area contributed by atoms with Crippen LogP contribution >= 0.6 is 23.5 Å². The maximum atomic E-state index is 11.7. The molecule has 1 nitrogen and oxygen atoms in total. The molecule has 0 atom stereocenters. The molecule has 0 bridgehead atoms. The van der Waals surface area contributed by atoms with Gasteiger partial charge in [-0.25, -0.2) is 0 Å². The van der Waals surface area contributed by atoms with Gasteiger partial charge in [0.15, 0.2) is 5.78 Å². The Hall–Kier alpha value is -0.410. The predicted octanol–water partition coefficient (Wildman–Crippen LogP) is 3.31. The fourth-order valence-electron chi connectivity index (χ4n) is 1.16. The lowest BCUT2D eigenvalue weighted by Gasteiger charge is -2.09. The van der Waals surface area contributed by atoms with Crippen LogP contribution in [0.3, 0.4) is 0 Å². The molecule has 0 unspecified atom stereocenters. The van der Waals surface area contributed by atoms with E-state index in [1.165, 1.54) is 0 Å². The van der Waals surface area contributed by atoms with E-state index in [0.717, 1.165) is 5.56 Å². The minimum atomic E-state index is 0.235. The first-order chi connectivity index (χ1) is 6.77. The van der Waals surface area contributed by atoms with Crippen molar-refractivity contribution in [2.75, 3.05) is 12.5 Å². The molecule has 14 heavy (non-hydrogen) atoms. The average molecular weight is 226 g/mol. The third-order valence-electron chi connectivity index (χ3n) is 1.97. The minimum absolute atomic E-state index is 0.235. The number of thioether (sulfide) groups is 2. The standard InChI is InChI=1S/C11H14OS2/c1-13-11(14-2)8-10(12)9-6-4-3-5-7-9/h3-7,11H,8H2,1-2H3. The van der Waals surface area contributed by atoms with Crippen LogP contribution in [0.4, 0.5) is 0 Å². The van der Waals surface area contributed by atoms with E-state index >= 15 is 0 Å². The van der Waals surface area contributed by atoms with Gasteiger partial charge in [-0.05, 0) is 12.5 Å². The molecule has 0 aliphatic carbocycles. The molecule has 0 aromatic heterocycles. The Morgan fingerprint density at radius 3 is 2.29 bits per heavy atom. The number of carbonyl (C=O) groups is 1. The van der Waals surface area contributed by atoms with Crippen LogP contribution in [0.2, 0.25) is 0 Å². The summed E-state index contributed by atoms with van der Waals surface area (Å²) in [5, 5.41) is 0. The van der Waals surface area contributed by atoms with Crippen LogP contribution in [-0.4, -0.2) is 22.9 Å². The van der Waals surface area contributed by atoms with Crippen LogP contribution in [-0.2, 0) is 0 Å². The first-order valence-electron chi connectivity index (χ1n) is 4.41. The maximum Gasteiger partial charge on any atom is 0.164 e. The normalized spacial score (nSPS) is 10.5. The van der Waals surface area contributed by atoms with E-state index in [4.69, 9.17) is 0 Å². The first-order valence-corrected chi connectivity index (χ1v) is 6.99. The molecule has 0 radical (unpaired) electrons. The lowest BCUT2D eigenvalue weighted by atomic mass is 10.1. The Kier molecular flexibility index (Phi) is 5.12. The summed E-state index contributed by atoms with van der Waals surface area (Å²) in [6.45, 7) is 0. The first kappa shape index (κ1) is 11.7. The highest BCUT2D eigenvalue weighted by Gasteiger charge is 2.12. The van der Waals surface area contributed by atoms with Crippen molar-refractivity contribution in [3.05, 3.63) is 35.9 Å². The van der Waals surface area contributed by atoms with E-state index in [1.54, 1.807) is 23.5 Å². The summed E-state index contributed by atoms with van der Waals surface area (Å²) in [5.74, 6) is 0.235. The smallest absolute Gasteiger partial charge is 0.164 e. The van der Waals surface area contributed by atoms with Crippen molar-refractivity contribution < 1.29 is 4.79 Å². The summed E-state index contributed by atoms with van der Waals surface area (Å²) < 4.78 is 0.378. The molecule has 0 amide bonds. The molecule has 0 aliphatic rings. The Morgan fingerprint density at radius 2 is 1.79 bits per heavy atom. The second-order valence-electron chi connectivity index (χ2n) is 2.89. The topological polar surface area (TPSA) is 17.1 Å². The summed E-state index contributed by atoms with van der Waals surface area (Å²) in [6, 6.07) is 9.48. The number of rotatable bonds is 5. The van der Waals surface area contributed by atoms with Gasteiger partial charge in [0.25, 0.3) is 0 Å². The molecule has 0 saturated carbocycles. The zero-order valence-corrected chi connectivity index (χ0v) is 10.0. The van der Waals surface area contributed by atoms with E-state index in [-0.39, 0.29) is 5.78 Å². The number of carbonyl (C=O) groups excluding carboxylic acids is 1. The number of benzene rings is 1. The lowest BCUT2D eigenvalue weighted by Crippen LogP contribution is -2.06. The van der Waals surface area contributed by atoms with Crippen LogP contribution in [0.5, 0.6) is 0 Å². The highest BCUT2D eigenvalue weighted by atomic mass is 32.2. The van der Waals surface area contributed by atoms with Gasteiger partial charge in [-0.3, -0.25) is 4.79 Å². The quantitative estimate of drug-likeness (QED) is 0.566. The third kappa shape index (κ3) is 3.39. The van der Waals surface area contributed by atoms with Crippen molar-refractivity contribution in [3.8, 4) is 0 Å². The number of Topliss-reactive ketones (excluding diaryl/α,β-unsaturated/α-hetero) is 1. The van der Waals surface area contributed by atoms with Gasteiger partial charge < -0.3 is 0 Å². The molecule has 3 heteroatoms. The maximum absolute atomic E-state index is 11.7. The fraction of sp³-hybridized carbons (Fsp3) is 0.364. The molecule has 0 saturated heterocycles. The summed E-state index contributed by atoms with van der Waals surface area (Å²) in [6.07, 6.45) is 4.70. The molecular weight excluding hydrogens is 212 g/mol. The zero-order valence-electron chi connectivity index (χ0n) is 8.40. The van der Waals surface area contributed by atoms with Gasteiger partial charge >= 0.3 is 0 Å². The number of ketones is 1. The van der Waals surface area contributed by atoms with E-state index in [1.807, 2.05) is 42.8 Å². The molecule has 0 aliphatic heterocycles. The summed E-state index contributed by atoms with van der Waals surface area (Å²) in [5.41, 5.74) is 0.820. The van der Waals surface area contributed by atoms with Crippen molar-refractivity contribution in [2.45, 2.75) is 11.0 Å². The molecule has 0 heterocycles. The molecule has 0 fully saturated rings. The van der Waals surface area contributed by atoms with Crippen molar-refractivity contribution in [1.82, 2.24) is 0 Å². The molecular formula is C11H14OS2. The zero-order chi connectivity index (χ0) is 10.4. The summed E-state index contributed by atoms with van der Waals surface area (Å²) >= 11 is 3.47. The van der Waals surface area contributed by atoms with Gasteiger partial charge in [0.2, 0.25) is 0 Å². The van der Waals surface area contributed by atoms with E-state index in [0.29, 0.717) is 11.0 Å². The lowest BCUT2D eigenvalue weighted by molar-refractivity contribution is 0.0987. The average Bonchev–Trinajstić information content (AvgIpc) is 2.26. The van der Waals surface area contributed by atoms with E-state index in [9.17, 15) is 4.79 Å². The van der Waals surface area contributed by atoms with Gasteiger partial charge in [0.1, 0.15) is 0 Å². The highest BCUT2D eigenvalue weighted by molar-refractivity contribution is 8.16. The minimum Gasteiger partial charge on any atom is -0.294 e. The molecule has 0 spiro atoms. The second kappa shape index (κ2) is 6.14. The van der Waals surface area contributed by atoms with Crippen LogP contribution < -0.4 is 0 Å². The number of hydrogen-bond donors (Lipinski definition) is 0. The van der Waals surface area contributed by atoms with Crippen molar-refractivity contribution in [3.63, 3.8) is 0 Å². The Balaban J connectivity index is 2.59. The number of hydrogen-bond acceptors (Lipinski definition) is 3. The largest absolute Gasteiger partial charge is 0.294 e. The third-order valence-corrected chi connectivity index (χ3v) is 4.51. The molecule has 1 rings (SSSR count). The molecule has 76 valence electrons. The fourth-order valence-corrected chi connectivity index (χ4v) is 2.56. The second-order valence-corrected chi connectivity index (χ2v) is 5.27. The van der Waals surface area contributed by atoms with Crippen molar-refractivity contribution in [1.29, 1.82) is 0 Å². The summed E-state index contributed by atoms with van der Waals surface area (Å²) in [7, 11) is 0.